The maximum Gasteiger partial charge on any atom is 0.226 e. The van der Waals surface area contributed by atoms with Gasteiger partial charge in [0.2, 0.25) is 5.91 Å². The van der Waals surface area contributed by atoms with Crippen LogP contribution in [0.2, 0.25) is 0 Å². The molecule has 1 amide bonds. The molecule has 2 aromatic rings. The van der Waals surface area contributed by atoms with Crippen LogP contribution >= 0.6 is 0 Å². The van der Waals surface area contributed by atoms with Crippen LogP contribution < -0.4 is 5.32 Å². The summed E-state index contributed by atoms with van der Waals surface area (Å²) in [7, 11) is 0. The Morgan fingerprint density at radius 3 is 2.58 bits per heavy atom. The molecule has 1 heterocycles. The number of imidazole rings is 1. The van der Waals surface area contributed by atoms with E-state index in [0.29, 0.717) is 18.4 Å². The highest BCUT2D eigenvalue weighted by molar-refractivity contribution is 5.83. The van der Waals surface area contributed by atoms with Gasteiger partial charge in [0, 0.05) is 12.4 Å². The predicted octanol–water partition coefficient (Wildman–Crippen LogP) is 3.87. The molecule has 4 saturated carbocycles. The van der Waals surface area contributed by atoms with Crippen molar-refractivity contribution in [1.29, 1.82) is 0 Å². The van der Waals surface area contributed by atoms with E-state index in [1.807, 2.05) is 0 Å². The summed E-state index contributed by atoms with van der Waals surface area (Å²) in [6.45, 7) is 2.65. The predicted molar refractivity (Wildman–Crippen MR) is 100 cm³/mol. The van der Waals surface area contributed by atoms with E-state index in [-0.39, 0.29) is 16.7 Å². The van der Waals surface area contributed by atoms with Crippen LogP contribution in [0, 0.1) is 24.2 Å². The molecular formula is C22H27N3O. The number of rotatable bonds is 4. The molecule has 1 aromatic carbocycles. The van der Waals surface area contributed by atoms with Crippen molar-refractivity contribution in [3.8, 4) is 0 Å². The molecule has 0 spiro atoms. The molecule has 6 rings (SSSR count). The van der Waals surface area contributed by atoms with Gasteiger partial charge >= 0.3 is 0 Å². The second-order valence-electron chi connectivity index (χ2n) is 9.11. The van der Waals surface area contributed by atoms with Crippen molar-refractivity contribution in [2.45, 2.75) is 57.4 Å². The molecule has 4 aliphatic carbocycles. The summed E-state index contributed by atoms with van der Waals surface area (Å²) in [5, 5.41) is 3.19. The lowest BCUT2D eigenvalue weighted by Crippen LogP contribution is -2.59. The van der Waals surface area contributed by atoms with Gasteiger partial charge in [-0.3, -0.25) is 4.79 Å². The zero-order valence-corrected chi connectivity index (χ0v) is 15.4. The number of benzene rings is 1. The maximum absolute atomic E-state index is 13.3. The van der Waals surface area contributed by atoms with Gasteiger partial charge in [0.25, 0.3) is 0 Å². The summed E-state index contributed by atoms with van der Waals surface area (Å²) < 4.78 is 0. The summed E-state index contributed by atoms with van der Waals surface area (Å²) in [5.74, 6) is 2.48. The third-order valence-corrected chi connectivity index (χ3v) is 7.18. The highest BCUT2D eigenvalue weighted by atomic mass is 16.2. The molecule has 26 heavy (non-hydrogen) atoms. The van der Waals surface area contributed by atoms with Crippen LogP contribution in [0.1, 0.15) is 55.5 Å². The Morgan fingerprint density at radius 2 is 1.92 bits per heavy atom. The van der Waals surface area contributed by atoms with E-state index in [0.717, 1.165) is 25.1 Å². The van der Waals surface area contributed by atoms with Crippen LogP contribution in [0.4, 0.5) is 0 Å². The third-order valence-electron chi connectivity index (χ3n) is 7.18. The van der Waals surface area contributed by atoms with Gasteiger partial charge in [-0.1, -0.05) is 29.8 Å². The highest BCUT2D eigenvalue weighted by Gasteiger charge is 2.60. The molecule has 0 radical (unpaired) electrons. The number of nitrogens with one attached hydrogen (secondary N) is 2. The smallest absolute Gasteiger partial charge is 0.226 e. The Morgan fingerprint density at radius 1 is 1.19 bits per heavy atom. The van der Waals surface area contributed by atoms with Crippen molar-refractivity contribution >= 4 is 5.91 Å². The fourth-order valence-corrected chi connectivity index (χ4v) is 6.52. The van der Waals surface area contributed by atoms with Crippen LogP contribution in [0.25, 0.3) is 0 Å². The van der Waals surface area contributed by atoms with E-state index in [4.69, 9.17) is 0 Å². The minimum absolute atomic E-state index is 0.179. The van der Waals surface area contributed by atoms with Gasteiger partial charge in [-0.05, 0) is 68.3 Å². The molecule has 2 atom stereocenters. The van der Waals surface area contributed by atoms with Crippen molar-refractivity contribution in [3.05, 3.63) is 53.6 Å². The minimum atomic E-state index is -0.179. The largest absolute Gasteiger partial charge is 0.348 e. The number of nitrogens with zero attached hydrogens (tertiary/aromatic N) is 1. The second kappa shape index (κ2) is 5.70. The number of amides is 1. The standard InChI is InChI=1S/C22H27N3O/c1-15-2-4-18(5-3-15)21-9-16-8-17(10-21)12-22(11-16,14-21)20(26)25-13-19-23-6-7-24-19/h2-7,16-17H,8-14H2,1H3,(H,23,24)(H,25,26). The number of aromatic amines is 1. The first kappa shape index (κ1) is 16.1. The number of hydrogen-bond donors (Lipinski definition) is 2. The van der Waals surface area contributed by atoms with Gasteiger partial charge in [-0.2, -0.15) is 0 Å². The van der Waals surface area contributed by atoms with Crippen LogP contribution in [0.3, 0.4) is 0 Å². The van der Waals surface area contributed by atoms with E-state index < -0.39 is 0 Å². The fraction of sp³-hybridized carbons (Fsp3) is 0.545. The summed E-state index contributed by atoms with van der Waals surface area (Å²) in [6.07, 6.45) is 10.5. The number of carbonyl (C=O) groups is 1. The van der Waals surface area contributed by atoms with Gasteiger partial charge in [0.1, 0.15) is 5.82 Å². The quantitative estimate of drug-likeness (QED) is 0.880. The van der Waals surface area contributed by atoms with Crippen LogP contribution in [0.15, 0.2) is 36.7 Å². The summed E-state index contributed by atoms with van der Waals surface area (Å²) in [5.41, 5.74) is 2.80. The summed E-state index contributed by atoms with van der Waals surface area (Å²) in [4.78, 5) is 20.6. The highest BCUT2D eigenvalue weighted by Crippen LogP contribution is 2.65. The number of aryl methyl sites for hydroxylation is 1. The van der Waals surface area contributed by atoms with E-state index >= 15 is 0 Å². The molecule has 4 aliphatic rings. The molecule has 0 saturated heterocycles. The number of hydrogen-bond acceptors (Lipinski definition) is 2. The minimum Gasteiger partial charge on any atom is -0.348 e. The Bertz CT molecular complexity index is 794. The first-order valence-corrected chi connectivity index (χ1v) is 9.91. The topological polar surface area (TPSA) is 57.8 Å². The first-order chi connectivity index (χ1) is 12.6. The average molecular weight is 349 g/mol. The van der Waals surface area contributed by atoms with E-state index in [9.17, 15) is 4.79 Å². The van der Waals surface area contributed by atoms with Crippen molar-refractivity contribution in [2.75, 3.05) is 0 Å². The zero-order valence-electron chi connectivity index (χ0n) is 15.4. The molecule has 4 fully saturated rings. The van der Waals surface area contributed by atoms with Gasteiger partial charge in [-0.15, -0.1) is 0 Å². The second-order valence-corrected chi connectivity index (χ2v) is 9.11. The van der Waals surface area contributed by atoms with Crippen molar-refractivity contribution in [1.82, 2.24) is 15.3 Å². The van der Waals surface area contributed by atoms with Gasteiger partial charge in [-0.25, -0.2) is 4.98 Å². The molecule has 136 valence electrons. The Labute approximate surface area is 154 Å². The van der Waals surface area contributed by atoms with E-state index in [1.54, 1.807) is 12.4 Å². The lowest BCUT2D eigenvalue weighted by molar-refractivity contribution is -0.149. The molecule has 0 aliphatic heterocycles. The SMILES string of the molecule is Cc1ccc(C23CC4CC(CC(C(=O)NCc5ncc[nH]5)(C4)C2)C3)cc1. The van der Waals surface area contributed by atoms with Crippen LogP contribution in [-0.4, -0.2) is 15.9 Å². The lowest BCUT2D eigenvalue weighted by atomic mass is 9.42. The van der Waals surface area contributed by atoms with E-state index in [1.165, 1.54) is 30.4 Å². The first-order valence-electron chi connectivity index (χ1n) is 9.91. The molecule has 2 N–H and O–H groups in total. The van der Waals surface area contributed by atoms with Crippen molar-refractivity contribution < 1.29 is 4.79 Å². The molecular weight excluding hydrogens is 322 g/mol. The van der Waals surface area contributed by atoms with Crippen LogP contribution in [0.5, 0.6) is 0 Å². The van der Waals surface area contributed by atoms with Gasteiger partial charge in [0.15, 0.2) is 0 Å². The third kappa shape index (κ3) is 2.50. The number of aromatic nitrogens is 2. The van der Waals surface area contributed by atoms with Gasteiger partial charge < -0.3 is 10.3 Å². The van der Waals surface area contributed by atoms with Crippen LogP contribution in [-0.2, 0) is 16.8 Å². The molecule has 1 aromatic heterocycles. The summed E-state index contributed by atoms with van der Waals surface area (Å²) >= 11 is 0. The number of H-pyrrole nitrogens is 1. The Balaban J connectivity index is 1.43. The molecule has 2 unspecified atom stereocenters. The van der Waals surface area contributed by atoms with Crippen molar-refractivity contribution in [3.63, 3.8) is 0 Å². The maximum atomic E-state index is 13.3. The lowest BCUT2D eigenvalue weighted by Gasteiger charge is -2.61. The number of carbonyl (C=O) groups excluding carboxylic acids is 1. The Hall–Kier alpha value is -2.10. The zero-order chi connectivity index (χ0) is 17.8. The van der Waals surface area contributed by atoms with Crippen molar-refractivity contribution in [2.24, 2.45) is 17.3 Å². The molecule has 4 bridgehead atoms. The van der Waals surface area contributed by atoms with Gasteiger partial charge in [0.05, 0.1) is 12.0 Å². The molecule has 4 heteroatoms. The normalized spacial score (nSPS) is 34.8. The van der Waals surface area contributed by atoms with E-state index in [2.05, 4.69) is 46.5 Å². The monoisotopic (exact) mass is 349 g/mol. The Kier molecular flexibility index (Phi) is 3.53. The molecule has 4 nitrogen and oxygen atoms in total. The summed E-state index contributed by atoms with van der Waals surface area (Å²) in [6, 6.07) is 9.10. The average Bonchev–Trinajstić information content (AvgIpc) is 3.12. The fourth-order valence-electron chi connectivity index (χ4n) is 6.52.